The molecule has 0 fully saturated rings. The average molecular weight is 294 g/mol. The molecule has 4 nitrogen and oxygen atoms in total. The van der Waals surface area contributed by atoms with Crippen LogP contribution >= 0.6 is 0 Å². The molecule has 0 N–H and O–H groups in total. The first-order valence-electron chi connectivity index (χ1n) is 7.65. The van der Waals surface area contributed by atoms with E-state index in [1.807, 2.05) is 17.3 Å². The normalized spacial score (nSPS) is 16.0. The van der Waals surface area contributed by atoms with Crippen molar-refractivity contribution in [2.45, 2.75) is 25.9 Å². The van der Waals surface area contributed by atoms with Crippen molar-refractivity contribution in [1.82, 2.24) is 4.98 Å². The minimum Gasteiger partial charge on any atom is -0.380 e. The molecule has 0 saturated carbocycles. The Morgan fingerprint density at radius 2 is 1.91 bits per heavy atom. The van der Waals surface area contributed by atoms with Crippen LogP contribution in [-0.4, -0.2) is 24.5 Å². The SMILES string of the molecule is COCc1cncc(-c2cc3c4c(c2)CCN4C(=O)CC3)c1. The van der Waals surface area contributed by atoms with Gasteiger partial charge in [0, 0.05) is 38.0 Å². The zero-order valence-corrected chi connectivity index (χ0v) is 12.6. The standard InChI is InChI=1S/C18H18N2O2/c1-22-11-12-6-16(10-19-9-12)15-7-13-2-3-17(21)20-5-4-14(8-15)18(13)20/h6-10H,2-5,11H2,1H3. The number of hydrogen-bond acceptors (Lipinski definition) is 3. The van der Waals surface area contributed by atoms with Crippen molar-refractivity contribution in [1.29, 1.82) is 0 Å². The van der Waals surface area contributed by atoms with E-state index in [-0.39, 0.29) is 5.91 Å². The Labute approximate surface area is 129 Å². The summed E-state index contributed by atoms with van der Waals surface area (Å²) in [6.07, 6.45) is 6.15. The Balaban J connectivity index is 1.79. The summed E-state index contributed by atoms with van der Waals surface area (Å²) in [4.78, 5) is 18.3. The van der Waals surface area contributed by atoms with Gasteiger partial charge in [-0.25, -0.2) is 0 Å². The van der Waals surface area contributed by atoms with Crippen molar-refractivity contribution in [2.75, 3.05) is 18.6 Å². The predicted molar refractivity (Wildman–Crippen MR) is 84.8 cm³/mol. The number of benzene rings is 1. The number of carbonyl (C=O) groups excluding carboxylic acids is 1. The van der Waals surface area contributed by atoms with Crippen LogP contribution in [0.1, 0.15) is 23.1 Å². The number of nitrogens with zero attached hydrogens (tertiary/aromatic N) is 2. The van der Waals surface area contributed by atoms with Crippen LogP contribution in [0, 0.1) is 0 Å². The average Bonchev–Trinajstić information content (AvgIpc) is 2.97. The molecule has 4 heteroatoms. The van der Waals surface area contributed by atoms with Crippen molar-refractivity contribution < 1.29 is 9.53 Å². The summed E-state index contributed by atoms with van der Waals surface area (Å²) < 4.78 is 5.19. The number of anilines is 1. The Kier molecular flexibility index (Phi) is 3.19. The van der Waals surface area contributed by atoms with E-state index in [0.717, 1.165) is 30.5 Å². The van der Waals surface area contributed by atoms with Crippen LogP contribution in [0.25, 0.3) is 11.1 Å². The van der Waals surface area contributed by atoms with Crippen molar-refractivity contribution in [3.63, 3.8) is 0 Å². The van der Waals surface area contributed by atoms with Gasteiger partial charge in [0.15, 0.2) is 0 Å². The summed E-state index contributed by atoms with van der Waals surface area (Å²) in [5.74, 6) is 0.266. The molecular formula is C18H18N2O2. The third-order valence-corrected chi connectivity index (χ3v) is 4.49. The van der Waals surface area contributed by atoms with Crippen LogP contribution in [0.3, 0.4) is 0 Å². The molecule has 3 heterocycles. The number of carbonyl (C=O) groups is 1. The lowest BCUT2D eigenvalue weighted by molar-refractivity contribution is -0.118. The number of hydrogen-bond donors (Lipinski definition) is 0. The third kappa shape index (κ3) is 2.11. The molecule has 0 bridgehead atoms. The van der Waals surface area contributed by atoms with Gasteiger partial charge in [0.1, 0.15) is 0 Å². The second kappa shape index (κ2) is 5.21. The number of aromatic nitrogens is 1. The maximum absolute atomic E-state index is 12.0. The molecule has 22 heavy (non-hydrogen) atoms. The first-order valence-corrected chi connectivity index (χ1v) is 7.65. The molecule has 0 unspecified atom stereocenters. The van der Waals surface area contributed by atoms with Crippen LogP contribution in [0.2, 0.25) is 0 Å². The zero-order chi connectivity index (χ0) is 15.1. The van der Waals surface area contributed by atoms with Crippen LogP contribution in [-0.2, 0) is 29.0 Å². The molecule has 2 aromatic rings. The van der Waals surface area contributed by atoms with Crippen LogP contribution in [0.5, 0.6) is 0 Å². The van der Waals surface area contributed by atoms with E-state index in [1.165, 1.54) is 22.4 Å². The summed E-state index contributed by atoms with van der Waals surface area (Å²) in [7, 11) is 1.69. The van der Waals surface area contributed by atoms with Crippen molar-refractivity contribution in [3.8, 4) is 11.1 Å². The fourth-order valence-electron chi connectivity index (χ4n) is 3.52. The van der Waals surface area contributed by atoms with Crippen LogP contribution in [0.15, 0.2) is 30.6 Å². The van der Waals surface area contributed by atoms with Gasteiger partial charge >= 0.3 is 0 Å². The number of aryl methyl sites for hydroxylation is 1. The van der Waals surface area contributed by atoms with Gasteiger partial charge in [0.05, 0.1) is 12.3 Å². The van der Waals surface area contributed by atoms with Crippen LogP contribution in [0.4, 0.5) is 5.69 Å². The smallest absolute Gasteiger partial charge is 0.227 e. The van der Waals surface area contributed by atoms with E-state index >= 15 is 0 Å². The predicted octanol–water partition coefficient (Wildman–Crippen LogP) is 2.73. The Morgan fingerprint density at radius 1 is 1.09 bits per heavy atom. The molecule has 0 saturated heterocycles. The maximum Gasteiger partial charge on any atom is 0.227 e. The molecule has 0 aliphatic carbocycles. The summed E-state index contributed by atoms with van der Waals surface area (Å²) in [5.41, 5.74) is 7.13. The van der Waals surface area contributed by atoms with E-state index in [0.29, 0.717) is 13.0 Å². The molecule has 1 aromatic heterocycles. The van der Waals surface area contributed by atoms with Gasteiger partial charge in [-0.2, -0.15) is 0 Å². The fraction of sp³-hybridized carbons (Fsp3) is 0.333. The molecule has 0 radical (unpaired) electrons. The molecule has 0 spiro atoms. The largest absolute Gasteiger partial charge is 0.380 e. The van der Waals surface area contributed by atoms with E-state index in [9.17, 15) is 4.79 Å². The van der Waals surface area contributed by atoms with Crippen LogP contribution < -0.4 is 4.90 Å². The molecule has 1 aromatic carbocycles. The van der Waals surface area contributed by atoms with Gasteiger partial charge in [-0.05, 0) is 53.3 Å². The highest BCUT2D eigenvalue weighted by Crippen LogP contribution is 2.39. The lowest BCUT2D eigenvalue weighted by Gasteiger charge is -2.25. The first kappa shape index (κ1) is 13.5. The van der Waals surface area contributed by atoms with Gasteiger partial charge in [-0.3, -0.25) is 9.78 Å². The van der Waals surface area contributed by atoms with Crippen molar-refractivity contribution in [2.24, 2.45) is 0 Å². The summed E-state index contributed by atoms with van der Waals surface area (Å²) in [5, 5.41) is 0. The summed E-state index contributed by atoms with van der Waals surface area (Å²) in [6.45, 7) is 1.40. The minimum atomic E-state index is 0.266. The highest BCUT2D eigenvalue weighted by molar-refractivity contribution is 5.99. The number of ether oxygens (including phenoxy) is 1. The van der Waals surface area contributed by atoms with E-state index in [1.54, 1.807) is 7.11 Å². The Hall–Kier alpha value is -2.20. The molecule has 2 aliphatic rings. The number of pyridine rings is 1. The number of rotatable bonds is 3. The van der Waals surface area contributed by atoms with E-state index < -0.39 is 0 Å². The van der Waals surface area contributed by atoms with E-state index in [4.69, 9.17) is 4.74 Å². The quantitative estimate of drug-likeness (QED) is 0.874. The molecular weight excluding hydrogens is 276 g/mol. The molecule has 2 aliphatic heterocycles. The van der Waals surface area contributed by atoms with Gasteiger partial charge in [-0.1, -0.05) is 0 Å². The van der Waals surface area contributed by atoms with Crippen molar-refractivity contribution >= 4 is 11.6 Å². The maximum atomic E-state index is 12.0. The first-order chi connectivity index (χ1) is 10.8. The van der Waals surface area contributed by atoms with Crippen molar-refractivity contribution in [3.05, 3.63) is 47.3 Å². The summed E-state index contributed by atoms with van der Waals surface area (Å²) in [6, 6.07) is 6.56. The lowest BCUT2D eigenvalue weighted by atomic mass is 9.94. The number of methoxy groups -OCH3 is 1. The Morgan fingerprint density at radius 3 is 2.73 bits per heavy atom. The lowest BCUT2D eigenvalue weighted by Crippen LogP contribution is -2.32. The molecule has 112 valence electrons. The second-order valence-corrected chi connectivity index (χ2v) is 5.95. The zero-order valence-electron chi connectivity index (χ0n) is 12.6. The highest BCUT2D eigenvalue weighted by Gasteiger charge is 2.31. The number of amides is 1. The monoisotopic (exact) mass is 294 g/mol. The minimum absolute atomic E-state index is 0.266. The molecule has 1 amide bonds. The Bertz CT molecular complexity index is 755. The topological polar surface area (TPSA) is 42.4 Å². The van der Waals surface area contributed by atoms with Gasteiger partial charge in [0.2, 0.25) is 5.91 Å². The highest BCUT2D eigenvalue weighted by atomic mass is 16.5. The third-order valence-electron chi connectivity index (χ3n) is 4.49. The second-order valence-electron chi connectivity index (χ2n) is 5.95. The molecule has 0 atom stereocenters. The van der Waals surface area contributed by atoms with Gasteiger partial charge in [-0.15, -0.1) is 0 Å². The fourth-order valence-corrected chi connectivity index (χ4v) is 3.52. The van der Waals surface area contributed by atoms with Gasteiger partial charge < -0.3 is 9.64 Å². The molecule has 4 rings (SSSR count). The van der Waals surface area contributed by atoms with E-state index in [2.05, 4.69) is 23.2 Å². The van der Waals surface area contributed by atoms with Gasteiger partial charge in [0.25, 0.3) is 0 Å². The summed E-state index contributed by atoms with van der Waals surface area (Å²) >= 11 is 0.